The van der Waals surface area contributed by atoms with Gasteiger partial charge in [-0.05, 0) is 29.9 Å². The van der Waals surface area contributed by atoms with E-state index in [2.05, 4.69) is 63.8 Å². The Balaban J connectivity index is 1.35. The van der Waals surface area contributed by atoms with Gasteiger partial charge < -0.3 is 15.2 Å². The molecule has 0 amide bonds. The maximum atomic E-state index is 5.35. The highest BCUT2D eigenvalue weighted by molar-refractivity contribution is 5.79. The van der Waals surface area contributed by atoms with Gasteiger partial charge in [-0.2, -0.15) is 0 Å². The lowest BCUT2D eigenvalue weighted by atomic mass is 10.00. The lowest BCUT2D eigenvalue weighted by Crippen LogP contribution is -2.39. The fourth-order valence-electron chi connectivity index (χ4n) is 3.33. The zero-order chi connectivity index (χ0) is 19.1. The van der Waals surface area contributed by atoms with Gasteiger partial charge in [0.25, 0.3) is 0 Å². The van der Waals surface area contributed by atoms with Gasteiger partial charge in [-0.15, -0.1) is 0 Å². The van der Waals surface area contributed by atoms with Gasteiger partial charge >= 0.3 is 0 Å². The summed E-state index contributed by atoms with van der Waals surface area (Å²) in [6.45, 7) is 9.00. The summed E-state index contributed by atoms with van der Waals surface area (Å²) in [4.78, 5) is 6.81. The van der Waals surface area contributed by atoms with E-state index in [0.29, 0.717) is 12.5 Å². The lowest BCUT2D eigenvalue weighted by molar-refractivity contribution is 0.251. The average Bonchev–Trinajstić information content (AvgIpc) is 3.17. The molecule has 1 aromatic heterocycles. The molecule has 146 valence electrons. The number of benzene rings is 1. The number of rotatable bonds is 7. The maximum absolute atomic E-state index is 5.35. The Kier molecular flexibility index (Phi) is 6.87. The van der Waals surface area contributed by atoms with Gasteiger partial charge in [0.05, 0.1) is 12.2 Å². The molecule has 0 spiro atoms. The van der Waals surface area contributed by atoms with Crippen LogP contribution in [0.1, 0.15) is 48.8 Å². The molecule has 0 radical (unpaired) electrons. The molecule has 27 heavy (non-hydrogen) atoms. The fraction of sp³-hybridized carbons (Fsp3) is 0.524. The summed E-state index contributed by atoms with van der Waals surface area (Å²) in [6.07, 6.45) is 2.24. The zero-order valence-corrected chi connectivity index (χ0v) is 16.7. The third-order valence-electron chi connectivity index (χ3n) is 4.98. The predicted molar refractivity (Wildman–Crippen MR) is 109 cm³/mol. The zero-order valence-electron chi connectivity index (χ0n) is 16.7. The monoisotopic (exact) mass is 369 g/mol. The Bertz CT molecular complexity index is 753. The first kappa shape index (κ1) is 19.4. The largest absolute Gasteiger partial charge is 0.359 e. The standard InChI is InChI=1S/C21H31N5O/c1-16(2)20-13-19(27-25-20)14-24-21(22-3)23-10-6-11-26-12-9-17-7-4-5-8-18(17)15-26/h4-5,7-8,13,16H,6,9-12,14-15H2,1-3H3,(H2,22,23,24). The van der Waals surface area contributed by atoms with Crippen LogP contribution >= 0.6 is 0 Å². The Labute approximate surface area is 162 Å². The van der Waals surface area contributed by atoms with Crippen LogP contribution in [-0.4, -0.2) is 42.7 Å². The van der Waals surface area contributed by atoms with Gasteiger partial charge in [0, 0.05) is 39.3 Å². The van der Waals surface area contributed by atoms with Crippen molar-refractivity contribution in [2.75, 3.05) is 26.7 Å². The smallest absolute Gasteiger partial charge is 0.191 e. The maximum Gasteiger partial charge on any atom is 0.191 e. The van der Waals surface area contributed by atoms with Crippen LogP contribution in [0.25, 0.3) is 0 Å². The molecular weight excluding hydrogens is 338 g/mol. The van der Waals surface area contributed by atoms with Gasteiger partial charge in [0.15, 0.2) is 11.7 Å². The summed E-state index contributed by atoms with van der Waals surface area (Å²) in [5.74, 6) is 2.00. The molecule has 0 bridgehead atoms. The number of guanidine groups is 1. The second-order valence-electron chi connectivity index (χ2n) is 7.37. The van der Waals surface area contributed by atoms with E-state index in [9.17, 15) is 0 Å². The summed E-state index contributed by atoms with van der Waals surface area (Å²) in [7, 11) is 1.79. The molecule has 6 nitrogen and oxygen atoms in total. The molecule has 0 saturated heterocycles. The highest BCUT2D eigenvalue weighted by Gasteiger charge is 2.15. The second-order valence-corrected chi connectivity index (χ2v) is 7.37. The Hall–Kier alpha value is -2.34. The van der Waals surface area contributed by atoms with Crippen LogP contribution < -0.4 is 10.6 Å². The van der Waals surface area contributed by atoms with Crippen LogP contribution in [0.15, 0.2) is 39.8 Å². The number of fused-ring (bicyclic) bond motifs is 1. The number of nitrogens with one attached hydrogen (secondary N) is 2. The summed E-state index contributed by atoms with van der Waals surface area (Å²) in [6, 6.07) is 10.8. The van der Waals surface area contributed by atoms with Gasteiger partial charge in [0.1, 0.15) is 0 Å². The van der Waals surface area contributed by atoms with Crippen molar-refractivity contribution in [3.05, 3.63) is 52.9 Å². The van der Waals surface area contributed by atoms with Crippen LogP contribution in [0.3, 0.4) is 0 Å². The molecule has 0 aliphatic carbocycles. The predicted octanol–water partition coefficient (Wildman–Crippen LogP) is 2.91. The number of nitrogens with zero attached hydrogens (tertiary/aromatic N) is 3. The van der Waals surface area contributed by atoms with E-state index < -0.39 is 0 Å². The normalized spacial score (nSPS) is 15.0. The summed E-state index contributed by atoms with van der Waals surface area (Å²) in [5, 5.41) is 10.7. The molecule has 1 aromatic carbocycles. The minimum Gasteiger partial charge on any atom is -0.359 e. The number of aliphatic imine (C=N–C) groups is 1. The molecule has 0 unspecified atom stereocenters. The van der Waals surface area contributed by atoms with Crippen molar-refractivity contribution in [1.29, 1.82) is 0 Å². The lowest BCUT2D eigenvalue weighted by Gasteiger charge is -2.28. The van der Waals surface area contributed by atoms with E-state index in [0.717, 1.165) is 56.4 Å². The quantitative estimate of drug-likeness (QED) is 0.446. The van der Waals surface area contributed by atoms with Crippen LogP contribution in [0.5, 0.6) is 0 Å². The number of hydrogen-bond acceptors (Lipinski definition) is 4. The molecule has 3 rings (SSSR count). The molecule has 6 heteroatoms. The molecule has 0 fully saturated rings. The number of hydrogen-bond donors (Lipinski definition) is 2. The van der Waals surface area contributed by atoms with E-state index in [-0.39, 0.29) is 0 Å². The first-order valence-corrected chi connectivity index (χ1v) is 9.85. The molecule has 0 atom stereocenters. The third kappa shape index (κ3) is 5.57. The Morgan fingerprint density at radius 1 is 1.26 bits per heavy atom. The first-order valence-electron chi connectivity index (χ1n) is 9.85. The van der Waals surface area contributed by atoms with Gasteiger partial charge in [-0.25, -0.2) is 0 Å². The summed E-state index contributed by atoms with van der Waals surface area (Å²) < 4.78 is 5.35. The Morgan fingerprint density at radius 3 is 2.81 bits per heavy atom. The minimum absolute atomic E-state index is 0.377. The van der Waals surface area contributed by atoms with Gasteiger partial charge in [-0.3, -0.25) is 9.89 Å². The molecule has 1 aliphatic heterocycles. The fourth-order valence-corrected chi connectivity index (χ4v) is 3.33. The molecule has 0 saturated carbocycles. The van der Waals surface area contributed by atoms with Crippen molar-refractivity contribution < 1.29 is 4.52 Å². The van der Waals surface area contributed by atoms with Crippen molar-refractivity contribution in [3.8, 4) is 0 Å². The van der Waals surface area contributed by atoms with Crippen molar-refractivity contribution in [2.24, 2.45) is 4.99 Å². The molecule has 1 aliphatic rings. The second kappa shape index (κ2) is 9.55. The van der Waals surface area contributed by atoms with Crippen LogP contribution in [0, 0.1) is 0 Å². The van der Waals surface area contributed by atoms with Gasteiger partial charge in [-0.1, -0.05) is 43.3 Å². The minimum atomic E-state index is 0.377. The Morgan fingerprint density at radius 2 is 2.07 bits per heavy atom. The highest BCUT2D eigenvalue weighted by atomic mass is 16.5. The molecular formula is C21H31N5O. The SMILES string of the molecule is CN=C(NCCCN1CCc2ccccc2C1)NCc1cc(C(C)C)no1. The summed E-state index contributed by atoms with van der Waals surface area (Å²) >= 11 is 0. The third-order valence-corrected chi connectivity index (χ3v) is 4.98. The van der Waals surface area contributed by atoms with Crippen LogP contribution in [0.4, 0.5) is 0 Å². The van der Waals surface area contributed by atoms with Crippen molar-refractivity contribution >= 4 is 5.96 Å². The van der Waals surface area contributed by atoms with Crippen LogP contribution in [0.2, 0.25) is 0 Å². The first-order chi connectivity index (χ1) is 13.2. The van der Waals surface area contributed by atoms with E-state index in [1.165, 1.54) is 11.1 Å². The van der Waals surface area contributed by atoms with E-state index >= 15 is 0 Å². The molecule has 2 heterocycles. The van der Waals surface area contributed by atoms with Crippen molar-refractivity contribution in [3.63, 3.8) is 0 Å². The van der Waals surface area contributed by atoms with Crippen molar-refractivity contribution in [2.45, 2.75) is 45.7 Å². The van der Waals surface area contributed by atoms with Crippen molar-refractivity contribution in [1.82, 2.24) is 20.7 Å². The van der Waals surface area contributed by atoms with Gasteiger partial charge in [0.2, 0.25) is 0 Å². The van der Waals surface area contributed by atoms with E-state index in [1.54, 1.807) is 7.05 Å². The van der Waals surface area contributed by atoms with E-state index in [4.69, 9.17) is 4.52 Å². The van der Waals surface area contributed by atoms with Crippen LogP contribution in [-0.2, 0) is 19.5 Å². The topological polar surface area (TPSA) is 65.7 Å². The summed E-state index contributed by atoms with van der Waals surface area (Å²) in [5.41, 5.74) is 3.96. The number of aromatic nitrogens is 1. The molecule has 2 N–H and O–H groups in total. The average molecular weight is 370 g/mol. The molecule has 2 aromatic rings. The highest BCUT2D eigenvalue weighted by Crippen LogP contribution is 2.18. The van der Waals surface area contributed by atoms with E-state index in [1.807, 2.05) is 6.07 Å².